The number of ether oxygens (including phenoxy) is 2. The van der Waals surface area contributed by atoms with Gasteiger partial charge in [-0.1, -0.05) is 23.4 Å². The van der Waals surface area contributed by atoms with E-state index in [0.29, 0.717) is 6.61 Å². The lowest BCUT2D eigenvalue weighted by Crippen LogP contribution is -2.37. The first-order valence-corrected chi connectivity index (χ1v) is 10.9. The normalized spacial score (nSPS) is 16.4. The molecule has 5 rings (SSSR count). The molecule has 3 aromatic heterocycles. The highest BCUT2D eigenvalue weighted by Crippen LogP contribution is 2.28. The highest BCUT2D eigenvalue weighted by molar-refractivity contribution is 5.73. The zero-order valence-corrected chi connectivity index (χ0v) is 19.2. The molecule has 1 fully saturated rings. The van der Waals surface area contributed by atoms with E-state index in [1.54, 1.807) is 13.4 Å². The van der Waals surface area contributed by atoms with Gasteiger partial charge in [-0.2, -0.15) is 13.2 Å². The van der Waals surface area contributed by atoms with Crippen LogP contribution in [0, 0.1) is 0 Å². The van der Waals surface area contributed by atoms with E-state index in [1.807, 2.05) is 47.1 Å². The van der Waals surface area contributed by atoms with E-state index < -0.39 is 12.1 Å². The lowest BCUT2D eigenvalue weighted by Gasteiger charge is -2.31. The average molecular weight is 504 g/mol. The van der Waals surface area contributed by atoms with Crippen molar-refractivity contribution in [2.45, 2.75) is 18.8 Å². The number of carboxylic acids is 1. The molecule has 1 unspecified atom stereocenters. The van der Waals surface area contributed by atoms with Crippen molar-refractivity contribution < 1.29 is 37.0 Å². The summed E-state index contributed by atoms with van der Waals surface area (Å²) in [4.78, 5) is 11.2. The van der Waals surface area contributed by atoms with Crippen LogP contribution in [0.2, 0.25) is 0 Å². The minimum atomic E-state index is -5.08. The van der Waals surface area contributed by atoms with E-state index in [1.165, 1.54) is 0 Å². The van der Waals surface area contributed by atoms with Crippen LogP contribution in [0.3, 0.4) is 0 Å². The monoisotopic (exact) mass is 504 g/mol. The molecule has 1 aliphatic rings. The Morgan fingerprint density at radius 2 is 1.89 bits per heavy atom. The third-order valence-electron chi connectivity index (χ3n) is 5.52. The first kappa shape index (κ1) is 25.2. The summed E-state index contributed by atoms with van der Waals surface area (Å²) < 4.78 is 50.3. The minimum absolute atomic E-state index is 0.108. The summed E-state index contributed by atoms with van der Waals surface area (Å²) in [6.45, 7) is 3.06. The average Bonchev–Trinajstić information content (AvgIpc) is 3.53. The van der Waals surface area contributed by atoms with Crippen LogP contribution in [0.25, 0.3) is 16.6 Å². The molecule has 1 saturated heterocycles. The maximum atomic E-state index is 10.6. The van der Waals surface area contributed by atoms with Crippen LogP contribution >= 0.6 is 0 Å². The molecule has 0 aliphatic carbocycles. The molecule has 0 spiro atoms. The number of fused-ring (bicyclic) bond motifs is 1. The van der Waals surface area contributed by atoms with Crippen LogP contribution in [-0.2, 0) is 16.1 Å². The SMILES string of the molecule is COc1ccc(-c2ccc3c(C4CN(Cc5ccco5)CCO4)nnn3c2)cc1.O=C(O)C(F)(F)F. The third kappa shape index (κ3) is 6.01. The first-order chi connectivity index (χ1) is 17.2. The Labute approximate surface area is 203 Å². The van der Waals surface area contributed by atoms with Gasteiger partial charge in [-0.3, -0.25) is 4.90 Å². The fourth-order valence-corrected chi connectivity index (χ4v) is 3.73. The van der Waals surface area contributed by atoms with Crippen LogP contribution in [0.5, 0.6) is 5.75 Å². The van der Waals surface area contributed by atoms with E-state index in [0.717, 1.165) is 53.5 Å². The van der Waals surface area contributed by atoms with Crippen molar-refractivity contribution in [1.82, 2.24) is 19.7 Å². The molecule has 0 saturated carbocycles. The topological polar surface area (TPSA) is 102 Å². The van der Waals surface area contributed by atoms with E-state index in [2.05, 4.69) is 27.3 Å². The van der Waals surface area contributed by atoms with E-state index in [-0.39, 0.29) is 6.10 Å². The standard InChI is InChI=1S/C22H22N4O3.C2HF3O2/c1-27-18-7-4-16(5-8-18)17-6-9-20-22(23-24-26(20)13-17)21-15-25(10-12-29-21)14-19-3-2-11-28-19;3-2(4,5)1(6)7/h2-9,11,13,21H,10,12,14-15H2,1H3;(H,6,7). The number of alkyl halides is 3. The molecule has 1 aromatic carbocycles. The second kappa shape index (κ2) is 10.8. The minimum Gasteiger partial charge on any atom is -0.497 e. The van der Waals surface area contributed by atoms with Crippen molar-refractivity contribution in [3.63, 3.8) is 0 Å². The number of aliphatic carboxylic acids is 1. The number of benzene rings is 1. The summed E-state index contributed by atoms with van der Waals surface area (Å²) in [5.74, 6) is -0.957. The number of halogens is 3. The van der Waals surface area contributed by atoms with Gasteiger partial charge in [-0.15, -0.1) is 5.10 Å². The Morgan fingerprint density at radius 3 is 2.53 bits per heavy atom. The summed E-state index contributed by atoms with van der Waals surface area (Å²) >= 11 is 0. The number of nitrogens with zero attached hydrogens (tertiary/aromatic N) is 4. The molecule has 1 N–H and O–H groups in total. The van der Waals surface area contributed by atoms with Gasteiger partial charge in [0.25, 0.3) is 0 Å². The van der Waals surface area contributed by atoms with Gasteiger partial charge < -0.3 is 19.0 Å². The quantitative estimate of drug-likeness (QED) is 0.432. The van der Waals surface area contributed by atoms with Crippen molar-refractivity contribution >= 4 is 11.5 Å². The number of furan rings is 1. The van der Waals surface area contributed by atoms with Gasteiger partial charge in [0, 0.05) is 24.8 Å². The maximum Gasteiger partial charge on any atom is 0.490 e. The predicted molar refractivity (Wildman–Crippen MR) is 121 cm³/mol. The third-order valence-corrected chi connectivity index (χ3v) is 5.52. The largest absolute Gasteiger partial charge is 0.497 e. The van der Waals surface area contributed by atoms with Crippen LogP contribution in [0.1, 0.15) is 17.6 Å². The number of pyridine rings is 1. The van der Waals surface area contributed by atoms with Gasteiger partial charge in [0.1, 0.15) is 23.3 Å². The second-order valence-electron chi connectivity index (χ2n) is 7.93. The van der Waals surface area contributed by atoms with Crippen molar-refractivity contribution in [2.24, 2.45) is 0 Å². The van der Waals surface area contributed by atoms with Gasteiger partial charge in [0.05, 0.1) is 32.0 Å². The number of carbonyl (C=O) groups is 1. The van der Waals surface area contributed by atoms with Crippen LogP contribution in [0.15, 0.2) is 65.4 Å². The molecule has 4 aromatic rings. The van der Waals surface area contributed by atoms with Crippen LogP contribution in [0.4, 0.5) is 13.2 Å². The zero-order valence-electron chi connectivity index (χ0n) is 19.2. The molecule has 190 valence electrons. The molecule has 9 nitrogen and oxygen atoms in total. The number of morpholine rings is 1. The Bertz CT molecular complexity index is 1290. The molecule has 12 heteroatoms. The van der Waals surface area contributed by atoms with Gasteiger partial charge in [-0.05, 0) is 35.9 Å². The van der Waals surface area contributed by atoms with Crippen LogP contribution < -0.4 is 4.74 Å². The summed E-state index contributed by atoms with van der Waals surface area (Å²) in [5.41, 5.74) is 4.01. The number of aromatic nitrogens is 3. The molecule has 0 amide bonds. The molecular weight excluding hydrogens is 481 g/mol. The first-order valence-electron chi connectivity index (χ1n) is 10.9. The molecule has 1 atom stereocenters. The predicted octanol–water partition coefficient (Wildman–Crippen LogP) is 4.20. The number of methoxy groups -OCH3 is 1. The van der Waals surface area contributed by atoms with Gasteiger partial charge >= 0.3 is 12.1 Å². The van der Waals surface area contributed by atoms with Crippen molar-refractivity contribution in [3.05, 3.63) is 72.4 Å². The Hall–Kier alpha value is -3.90. The maximum absolute atomic E-state index is 10.6. The van der Waals surface area contributed by atoms with Crippen LogP contribution in [-0.4, -0.2) is 63.8 Å². The number of hydrogen-bond donors (Lipinski definition) is 1. The van der Waals surface area contributed by atoms with Crippen molar-refractivity contribution in [1.29, 1.82) is 0 Å². The number of carboxylic acid groups (broad SMARTS) is 1. The van der Waals surface area contributed by atoms with Gasteiger partial charge in [-0.25, -0.2) is 9.31 Å². The Morgan fingerprint density at radius 1 is 1.17 bits per heavy atom. The lowest BCUT2D eigenvalue weighted by atomic mass is 10.1. The molecular formula is C24H23F3N4O5. The summed E-state index contributed by atoms with van der Waals surface area (Å²) in [6.07, 6.45) is -1.49. The molecule has 4 heterocycles. The van der Waals surface area contributed by atoms with Gasteiger partial charge in [0.15, 0.2) is 0 Å². The summed E-state index contributed by atoms with van der Waals surface area (Å²) in [7, 11) is 1.67. The zero-order chi connectivity index (χ0) is 25.7. The molecule has 36 heavy (non-hydrogen) atoms. The highest BCUT2D eigenvalue weighted by Gasteiger charge is 2.38. The van der Waals surface area contributed by atoms with E-state index in [4.69, 9.17) is 23.8 Å². The van der Waals surface area contributed by atoms with Crippen molar-refractivity contribution in [2.75, 3.05) is 26.8 Å². The second-order valence-corrected chi connectivity index (χ2v) is 7.93. The molecule has 0 radical (unpaired) electrons. The highest BCUT2D eigenvalue weighted by atomic mass is 19.4. The number of rotatable bonds is 5. The van der Waals surface area contributed by atoms with Crippen molar-refractivity contribution in [3.8, 4) is 16.9 Å². The Balaban J connectivity index is 0.000000384. The van der Waals surface area contributed by atoms with Gasteiger partial charge in [0.2, 0.25) is 0 Å². The van der Waals surface area contributed by atoms with E-state index in [9.17, 15) is 13.2 Å². The lowest BCUT2D eigenvalue weighted by molar-refractivity contribution is -0.192. The fraction of sp³-hybridized carbons (Fsp3) is 0.292. The number of hydrogen-bond acceptors (Lipinski definition) is 7. The van der Waals surface area contributed by atoms with E-state index >= 15 is 0 Å². The smallest absolute Gasteiger partial charge is 0.490 e. The Kier molecular flexibility index (Phi) is 7.55. The fourth-order valence-electron chi connectivity index (χ4n) is 3.73. The summed E-state index contributed by atoms with van der Waals surface area (Å²) in [5, 5.41) is 15.9. The molecule has 0 bridgehead atoms. The molecule has 1 aliphatic heterocycles. The summed E-state index contributed by atoms with van der Waals surface area (Å²) in [6, 6.07) is 16.0.